The van der Waals surface area contributed by atoms with Gasteiger partial charge in [0.05, 0.1) is 23.8 Å². The topological polar surface area (TPSA) is 76.4 Å². The van der Waals surface area contributed by atoms with E-state index < -0.39 is 0 Å². The molecule has 0 aliphatic heterocycles. The highest BCUT2D eigenvalue weighted by Crippen LogP contribution is 2.21. The molecule has 2 N–H and O–H groups in total. The Morgan fingerprint density at radius 2 is 2.26 bits per heavy atom. The predicted molar refractivity (Wildman–Crippen MR) is 73.6 cm³/mol. The van der Waals surface area contributed by atoms with Crippen LogP contribution in [0, 0.1) is 17.2 Å². The number of aliphatic hydroxyl groups excluding tert-OH is 1. The first-order valence-electron chi connectivity index (χ1n) is 6.10. The van der Waals surface area contributed by atoms with Crippen LogP contribution >= 0.6 is 0 Å². The Labute approximate surface area is 113 Å². The molecule has 5 nitrogen and oxygen atoms in total. The highest BCUT2D eigenvalue weighted by molar-refractivity contribution is 5.78. The molecule has 102 valence electrons. The number of aliphatic hydroxyl groups is 1. The Morgan fingerprint density at radius 1 is 1.58 bits per heavy atom. The van der Waals surface area contributed by atoms with Gasteiger partial charge in [0, 0.05) is 20.6 Å². The van der Waals surface area contributed by atoms with E-state index >= 15 is 0 Å². The summed E-state index contributed by atoms with van der Waals surface area (Å²) < 4.78 is 0. The Balaban J connectivity index is 2.91. The largest absolute Gasteiger partial charge is 0.392 e. The van der Waals surface area contributed by atoms with Crippen molar-refractivity contribution >= 4 is 11.6 Å². The fraction of sp³-hybridized carbons (Fsp3) is 0.429. The number of rotatable bonds is 5. The molecule has 0 aliphatic carbocycles. The third-order valence-electron chi connectivity index (χ3n) is 3.02. The summed E-state index contributed by atoms with van der Waals surface area (Å²) in [6.45, 7) is 2.27. The summed E-state index contributed by atoms with van der Waals surface area (Å²) in [4.78, 5) is 13.4. The van der Waals surface area contributed by atoms with Gasteiger partial charge in [0.25, 0.3) is 0 Å². The number of benzene rings is 1. The molecular weight excluding hydrogens is 242 g/mol. The Kier molecular flexibility index (Phi) is 5.34. The van der Waals surface area contributed by atoms with Crippen LogP contribution in [0.4, 0.5) is 5.69 Å². The summed E-state index contributed by atoms with van der Waals surface area (Å²) in [6, 6.07) is 7.34. The molecule has 0 fully saturated rings. The molecule has 0 aromatic heterocycles. The first kappa shape index (κ1) is 15.0. The van der Waals surface area contributed by atoms with Crippen LogP contribution in [0.25, 0.3) is 0 Å². The number of amides is 1. The summed E-state index contributed by atoms with van der Waals surface area (Å²) in [5.41, 5.74) is 1.96. The van der Waals surface area contributed by atoms with Gasteiger partial charge in [-0.25, -0.2) is 0 Å². The zero-order valence-corrected chi connectivity index (χ0v) is 11.5. The van der Waals surface area contributed by atoms with Crippen molar-refractivity contribution in [3.8, 4) is 6.07 Å². The van der Waals surface area contributed by atoms with Crippen LogP contribution in [0.3, 0.4) is 0 Å². The van der Waals surface area contributed by atoms with Crippen molar-refractivity contribution in [2.45, 2.75) is 13.5 Å². The van der Waals surface area contributed by atoms with Gasteiger partial charge < -0.3 is 15.3 Å². The quantitative estimate of drug-likeness (QED) is 0.824. The highest BCUT2D eigenvalue weighted by atomic mass is 16.3. The van der Waals surface area contributed by atoms with Gasteiger partial charge in [-0.2, -0.15) is 5.26 Å². The van der Waals surface area contributed by atoms with Gasteiger partial charge in [-0.3, -0.25) is 4.79 Å². The van der Waals surface area contributed by atoms with Gasteiger partial charge in [-0.1, -0.05) is 13.0 Å². The number of nitriles is 1. The normalized spacial score (nSPS) is 11.5. The monoisotopic (exact) mass is 261 g/mol. The zero-order valence-electron chi connectivity index (χ0n) is 11.5. The molecule has 0 saturated carbocycles. The Bertz CT molecular complexity index is 494. The molecule has 1 aromatic rings. The van der Waals surface area contributed by atoms with E-state index in [4.69, 9.17) is 10.4 Å². The van der Waals surface area contributed by atoms with E-state index in [0.29, 0.717) is 17.7 Å². The lowest BCUT2D eigenvalue weighted by Crippen LogP contribution is -2.34. The summed E-state index contributed by atoms with van der Waals surface area (Å²) in [5, 5.41) is 20.8. The molecule has 1 aromatic carbocycles. The minimum Gasteiger partial charge on any atom is -0.392 e. The number of nitrogens with zero attached hydrogens (tertiary/aromatic N) is 2. The van der Waals surface area contributed by atoms with Crippen LogP contribution in [0.1, 0.15) is 18.1 Å². The van der Waals surface area contributed by atoms with Crippen molar-refractivity contribution < 1.29 is 9.90 Å². The molecular formula is C14H19N3O2. The number of hydrogen-bond acceptors (Lipinski definition) is 4. The maximum Gasteiger partial charge on any atom is 0.224 e. The van der Waals surface area contributed by atoms with Crippen molar-refractivity contribution in [2.24, 2.45) is 5.92 Å². The lowest BCUT2D eigenvalue weighted by molar-refractivity contribution is -0.123. The standard InChI is InChI=1S/C14H19N3O2/c1-10(14(19)16-2)8-17(3)13-5-4-11(9-18)6-12(13)7-15/h4-6,10,18H,8-9H2,1-3H3,(H,16,19). The van der Waals surface area contributed by atoms with Crippen LogP contribution in [0.2, 0.25) is 0 Å². The second-order valence-corrected chi connectivity index (χ2v) is 4.52. The van der Waals surface area contributed by atoms with E-state index in [1.54, 1.807) is 25.2 Å². The zero-order chi connectivity index (χ0) is 14.4. The lowest BCUT2D eigenvalue weighted by Gasteiger charge is -2.23. The first-order chi connectivity index (χ1) is 9.03. The Morgan fingerprint density at radius 3 is 2.79 bits per heavy atom. The van der Waals surface area contributed by atoms with Gasteiger partial charge in [-0.05, 0) is 17.7 Å². The van der Waals surface area contributed by atoms with E-state index in [1.807, 2.05) is 18.9 Å². The highest BCUT2D eigenvalue weighted by Gasteiger charge is 2.16. The average Bonchev–Trinajstić information content (AvgIpc) is 2.45. The molecule has 0 bridgehead atoms. The predicted octanol–water partition coefficient (Wildman–Crippen LogP) is 0.869. The minimum absolute atomic E-state index is 0.0302. The van der Waals surface area contributed by atoms with Gasteiger partial charge in [0.2, 0.25) is 5.91 Å². The minimum atomic E-state index is -0.168. The van der Waals surface area contributed by atoms with Crippen molar-refractivity contribution in [1.82, 2.24) is 5.32 Å². The van der Waals surface area contributed by atoms with Gasteiger partial charge in [-0.15, -0.1) is 0 Å². The summed E-state index contributed by atoms with van der Waals surface area (Å²) in [6.07, 6.45) is 0. The van der Waals surface area contributed by atoms with Gasteiger partial charge >= 0.3 is 0 Å². The smallest absolute Gasteiger partial charge is 0.224 e. The maximum atomic E-state index is 11.5. The maximum absolute atomic E-state index is 11.5. The van der Waals surface area contributed by atoms with Crippen molar-refractivity contribution in [3.63, 3.8) is 0 Å². The van der Waals surface area contributed by atoms with Gasteiger partial charge in [0.15, 0.2) is 0 Å². The molecule has 1 amide bonds. The van der Waals surface area contributed by atoms with Crippen LogP contribution < -0.4 is 10.2 Å². The van der Waals surface area contributed by atoms with E-state index in [9.17, 15) is 4.79 Å². The van der Waals surface area contributed by atoms with E-state index in [1.165, 1.54) is 0 Å². The van der Waals surface area contributed by atoms with Crippen molar-refractivity contribution in [2.75, 3.05) is 25.5 Å². The van der Waals surface area contributed by atoms with Crippen LogP contribution in [0.15, 0.2) is 18.2 Å². The second kappa shape index (κ2) is 6.76. The van der Waals surface area contributed by atoms with Crippen LogP contribution in [0.5, 0.6) is 0 Å². The third-order valence-corrected chi connectivity index (χ3v) is 3.02. The number of nitrogens with one attached hydrogen (secondary N) is 1. The first-order valence-corrected chi connectivity index (χ1v) is 6.10. The van der Waals surface area contributed by atoms with Crippen molar-refractivity contribution in [3.05, 3.63) is 29.3 Å². The molecule has 0 saturated heterocycles. The van der Waals surface area contributed by atoms with E-state index in [-0.39, 0.29) is 18.4 Å². The van der Waals surface area contributed by atoms with Crippen molar-refractivity contribution in [1.29, 1.82) is 5.26 Å². The molecule has 1 atom stereocenters. The molecule has 1 unspecified atom stereocenters. The summed E-state index contributed by atoms with van der Waals surface area (Å²) in [7, 11) is 3.45. The molecule has 0 heterocycles. The molecule has 1 rings (SSSR count). The summed E-state index contributed by atoms with van der Waals surface area (Å²) in [5.74, 6) is -0.198. The Hall–Kier alpha value is -2.06. The average molecular weight is 261 g/mol. The number of hydrogen-bond donors (Lipinski definition) is 2. The molecule has 0 radical (unpaired) electrons. The number of carbonyl (C=O) groups excluding carboxylic acids is 1. The molecule has 5 heteroatoms. The molecule has 0 aliphatic rings. The van der Waals surface area contributed by atoms with Crippen LogP contribution in [-0.2, 0) is 11.4 Å². The lowest BCUT2D eigenvalue weighted by atomic mass is 10.1. The van der Waals surface area contributed by atoms with E-state index in [2.05, 4.69) is 11.4 Å². The summed E-state index contributed by atoms with van der Waals surface area (Å²) >= 11 is 0. The van der Waals surface area contributed by atoms with E-state index in [0.717, 1.165) is 5.69 Å². The van der Waals surface area contributed by atoms with Gasteiger partial charge in [0.1, 0.15) is 6.07 Å². The number of anilines is 1. The third kappa shape index (κ3) is 3.70. The van der Waals surface area contributed by atoms with Crippen LogP contribution in [-0.4, -0.2) is 31.7 Å². The second-order valence-electron chi connectivity index (χ2n) is 4.52. The fourth-order valence-electron chi connectivity index (χ4n) is 1.94. The fourth-order valence-corrected chi connectivity index (χ4v) is 1.94. The molecule has 0 spiro atoms. The molecule has 19 heavy (non-hydrogen) atoms. The number of carbonyl (C=O) groups is 1. The SMILES string of the molecule is CNC(=O)C(C)CN(C)c1ccc(CO)cc1C#N.